The number of aromatic amines is 1. The van der Waals surface area contributed by atoms with Gasteiger partial charge in [0.2, 0.25) is 0 Å². The van der Waals surface area contributed by atoms with Gasteiger partial charge in [0.15, 0.2) is 17.5 Å². The van der Waals surface area contributed by atoms with Crippen molar-refractivity contribution in [3.8, 4) is 22.8 Å². The average molecular weight is 507 g/mol. The third kappa shape index (κ3) is 6.11. The minimum atomic E-state index is 0. The summed E-state index contributed by atoms with van der Waals surface area (Å²) in [5, 5.41) is 6.49. The van der Waals surface area contributed by atoms with E-state index >= 15 is 0 Å². The van der Waals surface area contributed by atoms with Gasteiger partial charge in [0.25, 0.3) is 0 Å². The monoisotopic (exact) mass is 507 g/mol. The predicted molar refractivity (Wildman–Crippen MR) is 127 cm³/mol. The van der Waals surface area contributed by atoms with Gasteiger partial charge in [-0.05, 0) is 24.6 Å². The van der Waals surface area contributed by atoms with Gasteiger partial charge in [0.1, 0.15) is 5.82 Å². The van der Waals surface area contributed by atoms with Crippen LogP contribution in [0.1, 0.15) is 12.7 Å². The molecule has 3 rings (SSSR count). The Morgan fingerprint density at radius 1 is 1.14 bits per heavy atom. The zero-order valence-corrected chi connectivity index (χ0v) is 19.1. The third-order valence-corrected chi connectivity index (χ3v) is 4.09. The van der Waals surface area contributed by atoms with Gasteiger partial charge in [0, 0.05) is 18.8 Å². The highest BCUT2D eigenvalue weighted by Gasteiger charge is 2.08. The third-order valence-electron chi connectivity index (χ3n) is 4.09. The van der Waals surface area contributed by atoms with Crippen molar-refractivity contribution < 1.29 is 9.47 Å². The zero-order valence-electron chi connectivity index (χ0n) is 16.7. The maximum atomic E-state index is 5.55. The molecule has 3 N–H and O–H groups in total. The number of ether oxygens (including phenoxy) is 2. The Balaban J connectivity index is 0.00000300. The summed E-state index contributed by atoms with van der Waals surface area (Å²) < 4.78 is 10.9. The number of hydrogen-bond acceptors (Lipinski definition) is 4. The van der Waals surface area contributed by atoms with E-state index in [1.54, 1.807) is 14.2 Å². The van der Waals surface area contributed by atoms with Crippen LogP contribution in [0.25, 0.3) is 11.3 Å². The first-order valence-corrected chi connectivity index (χ1v) is 9.11. The molecule has 0 aliphatic carbocycles. The van der Waals surface area contributed by atoms with Crippen LogP contribution in [0.2, 0.25) is 0 Å². The molecule has 3 aromatic rings. The van der Waals surface area contributed by atoms with Crippen molar-refractivity contribution in [1.82, 2.24) is 15.3 Å². The Kier molecular flexibility index (Phi) is 8.78. The van der Waals surface area contributed by atoms with Crippen LogP contribution in [0.3, 0.4) is 0 Å². The molecule has 2 aromatic carbocycles. The highest BCUT2D eigenvalue weighted by molar-refractivity contribution is 14.0. The van der Waals surface area contributed by atoms with Crippen molar-refractivity contribution in [2.45, 2.75) is 13.5 Å². The number of aliphatic imine (C=N–C) groups is 1. The van der Waals surface area contributed by atoms with E-state index in [9.17, 15) is 0 Å². The van der Waals surface area contributed by atoms with Gasteiger partial charge < -0.3 is 25.1 Å². The van der Waals surface area contributed by atoms with E-state index in [4.69, 9.17) is 9.47 Å². The van der Waals surface area contributed by atoms with Crippen molar-refractivity contribution in [1.29, 1.82) is 0 Å². The molecule has 0 amide bonds. The number of aromatic nitrogens is 2. The van der Waals surface area contributed by atoms with Crippen LogP contribution in [-0.2, 0) is 6.54 Å². The number of guanidine groups is 1. The lowest BCUT2D eigenvalue weighted by Gasteiger charge is -2.14. The van der Waals surface area contributed by atoms with Crippen LogP contribution in [0.5, 0.6) is 11.5 Å². The van der Waals surface area contributed by atoms with Crippen molar-refractivity contribution in [2.75, 3.05) is 26.1 Å². The first-order valence-electron chi connectivity index (χ1n) is 9.11. The number of H-pyrrole nitrogens is 1. The van der Waals surface area contributed by atoms with Crippen LogP contribution in [-0.4, -0.2) is 36.7 Å². The molecular formula is C21H26IN5O2. The summed E-state index contributed by atoms with van der Waals surface area (Å²) in [6, 6.07) is 15.8. The first kappa shape index (κ1) is 22.5. The minimum absolute atomic E-state index is 0. The molecule has 1 heterocycles. The summed E-state index contributed by atoms with van der Waals surface area (Å²) in [6.07, 6.45) is 1.83. The summed E-state index contributed by atoms with van der Waals surface area (Å²) in [7, 11) is 3.34. The second kappa shape index (κ2) is 11.3. The fraction of sp³-hybridized carbons (Fsp3) is 0.238. The molecule has 0 spiro atoms. The summed E-state index contributed by atoms with van der Waals surface area (Å²) >= 11 is 0. The molecule has 0 unspecified atom stereocenters. The summed E-state index contributed by atoms with van der Waals surface area (Å²) in [5.74, 6) is 2.83. The molecule has 0 radical (unpaired) electrons. The molecule has 0 saturated carbocycles. The van der Waals surface area contributed by atoms with Crippen molar-refractivity contribution in [2.24, 2.45) is 4.99 Å². The Morgan fingerprint density at radius 2 is 1.93 bits per heavy atom. The van der Waals surface area contributed by atoms with Gasteiger partial charge in [-0.15, -0.1) is 24.0 Å². The Hall–Kier alpha value is -2.75. The summed E-state index contributed by atoms with van der Waals surface area (Å²) in [6.45, 7) is 3.04. The molecule has 0 aliphatic rings. The van der Waals surface area contributed by atoms with E-state index in [0.717, 1.165) is 22.8 Å². The SMILES string of the molecule is CCOc1ccc(NC(=NC)NCc2ncc(-c3ccccc3)[nH]2)cc1OC.I. The molecule has 29 heavy (non-hydrogen) atoms. The molecule has 8 heteroatoms. The highest BCUT2D eigenvalue weighted by atomic mass is 127. The minimum Gasteiger partial charge on any atom is -0.493 e. The number of rotatable bonds is 7. The van der Waals surface area contributed by atoms with E-state index in [-0.39, 0.29) is 24.0 Å². The Morgan fingerprint density at radius 3 is 2.62 bits per heavy atom. The fourth-order valence-corrected chi connectivity index (χ4v) is 2.72. The van der Waals surface area contributed by atoms with Crippen molar-refractivity contribution in [3.05, 3.63) is 60.6 Å². The number of anilines is 1. The van der Waals surface area contributed by atoms with Gasteiger partial charge >= 0.3 is 0 Å². The molecular weight excluding hydrogens is 481 g/mol. The van der Waals surface area contributed by atoms with E-state index in [1.165, 1.54) is 0 Å². The lowest BCUT2D eigenvalue weighted by molar-refractivity contribution is 0.311. The largest absolute Gasteiger partial charge is 0.493 e. The molecule has 0 atom stereocenters. The molecule has 7 nitrogen and oxygen atoms in total. The van der Waals surface area contributed by atoms with Crippen LogP contribution in [0.4, 0.5) is 5.69 Å². The number of hydrogen-bond donors (Lipinski definition) is 3. The zero-order chi connectivity index (χ0) is 19.8. The molecule has 0 aliphatic heterocycles. The van der Waals surface area contributed by atoms with Crippen LogP contribution in [0.15, 0.2) is 59.7 Å². The summed E-state index contributed by atoms with van der Waals surface area (Å²) in [5.41, 5.74) is 2.93. The van der Waals surface area contributed by atoms with Gasteiger partial charge in [0.05, 0.1) is 32.2 Å². The van der Waals surface area contributed by atoms with E-state index < -0.39 is 0 Å². The van der Waals surface area contributed by atoms with Crippen molar-refractivity contribution in [3.63, 3.8) is 0 Å². The second-order valence-corrected chi connectivity index (χ2v) is 5.96. The lowest BCUT2D eigenvalue weighted by Crippen LogP contribution is -2.30. The smallest absolute Gasteiger partial charge is 0.195 e. The maximum absolute atomic E-state index is 5.55. The van der Waals surface area contributed by atoms with Crippen molar-refractivity contribution >= 4 is 35.6 Å². The molecule has 0 saturated heterocycles. The topological polar surface area (TPSA) is 83.6 Å². The number of nitrogens with one attached hydrogen (secondary N) is 3. The Labute approximate surface area is 188 Å². The number of methoxy groups -OCH3 is 1. The number of benzene rings is 2. The van der Waals surface area contributed by atoms with E-state index in [2.05, 4.69) is 25.6 Å². The van der Waals surface area contributed by atoms with Crippen LogP contribution >= 0.6 is 24.0 Å². The normalized spacial score (nSPS) is 10.8. The molecule has 0 fully saturated rings. The van der Waals surface area contributed by atoms with E-state index in [1.807, 2.05) is 61.7 Å². The number of nitrogens with zero attached hydrogens (tertiary/aromatic N) is 2. The van der Waals surface area contributed by atoms with Gasteiger partial charge in [-0.1, -0.05) is 30.3 Å². The molecule has 1 aromatic heterocycles. The Bertz CT molecular complexity index is 928. The standard InChI is InChI=1S/C21H25N5O2.HI/c1-4-28-18-11-10-16(12-19(18)27-3)25-21(22-2)24-14-20-23-13-17(26-20)15-8-6-5-7-9-15;/h5-13H,4,14H2,1-3H3,(H,23,26)(H2,22,24,25);1H. The fourth-order valence-electron chi connectivity index (χ4n) is 2.72. The quantitative estimate of drug-likeness (QED) is 0.253. The molecule has 154 valence electrons. The average Bonchev–Trinajstić information content (AvgIpc) is 3.22. The number of imidazole rings is 1. The van der Waals surface area contributed by atoms with Gasteiger partial charge in [-0.2, -0.15) is 0 Å². The predicted octanol–water partition coefficient (Wildman–Crippen LogP) is 4.29. The first-order chi connectivity index (χ1) is 13.7. The maximum Gasteiger partial charge on any atom is 0.195 e. The van der Waals surface area contributed by atoms with E-state index in [0.29, 0.717) is 30.6 Å². The van der Waals surface area contributed by atoms with Gasteiger partial charge in [-0.3, -0.25) is 4.99 Å². The van der Waals surface area contributed by atoms with Crippen LogP contribution < -0.4 is 20.1 Å². The second-order valence-electron chi connectivity index (χ2n) is 5.96. The molecule has 0 bridgehead atoms. The highest BCUT2D eigenvalue weighted by Crippen LogP contribution is 2.30. The van der Waals surface area contributed by atoms with Gasteiger partial charge in [-0.25, -0.2) is 4.98 Å². The summed E-state index contributed by atoms with van der Waals surface area (Å²) in [4.78, 5) is 12.0. The van der Waals surface area contributed by atoms with Crippen LogP contribution in [0, 0.1) is 0 Å². The number of halogens is 1. The lowest BCUT2D eigenvalue weighted by atomic mass is 10.2.